The first kappa shape index (κ1) is 18.4. The van der Waals surface area contributed by atoms with Crippen molar-refractivity contribution in [2.75, 3.05) is 26.7 Å². The molecular formula is C18H25N3O3. The van der Waals surface area contributed by atoms with E-state index in [9.17, 15) is 15.0 Å². The predicted octanol–water partition coefficient (Wildman–Crippen LogP) is 0.692. The van der Waals surface area contributed by atoms with Gasteiger partial charge in [-0.15, -0.1) is 0 Å². The Hall–Kier alpha value is -1.94. The van der Waals surface area contributed by atoms with Gasteiger partial charge in [0.15, 0.2) is 0 Å². The molecule has 6 heteroatoms. The molecule has 0 saturated carbocycles. The minimum absolute atomic E-state index is 0.0364. The normalized spacial score (nSPS) is 22.4. The fourth-order valence-electron chi connectivity index (χ4n) is 3.08. The molecule has 1 saturated heterocycles. The zero-order chi connectivity index (χ0) is 17.9. The summed E-state index contributed by atoms with van der Waals surface area (Å²) in [5, 5.41) is 28.2. The lowest BCUT2D eigenvalue weighted by Crippen LogP contribution is -2.47. The van der Waals surface area contributed by atoms with Crippen molar-refractivity contribution in [2.45, 2.75) is 32.1 Å². The lowest BCUT2D eigenvalue weighted by atomic mass is 10.0. The van der Waals surface area contributed by atoms with Crippen molar-refractivity contribution in [3.05, 3.63) is 35.4 Å². The Labute approximate surface area is 142 Å². The summed E-state index contributed by atoms with van der Waals surface area (Å²) < 4.78 is 0. The van der Waals surface area contributed by atoms with Gasteiger partial charge in [-0.1, -0.05) is 13.8 Å². The van der Waals surface area contributed by atoms with Gasteiger partial charge in [0.1, 0.15) is 0 Å². The lowest BCUT2D eigenvalue weighted by molar-refractivity contribution is 0.0572. The molecule has 1 aromatic carbocycles. The molecule has 1 unspecified atom stereocenters. The van der Waals surface area contributed by atoms with E-state index < -0.39 is 12.2 Å². The monoisotopic (exact) mass is 331 g/mol. The molecule has 0 spiro atoms. The van der Waals surface area contributed by atoms with Crippen LogP contribution in [-0.4, -0.2) is 70.9 Å². The van der Waals surface area contributed by atoms with E-state index in [1.807, 2.05) is 11.0 Å². The molecule has 2 rings (SSSR count). The molecule has 2 N–H and O–H groups in total. The summed E-state index contributed by atoms with van der Waals surface area (Å²) in [5.74, 6) is 0.130. The Kier molecular flexibility index (Phi) is 5.94. The maximum Gasteiger partial charge on any atom is 0.253 e. The number of aliphatic hydroxyl groups is 2. The summed E-state index contributed by atoms with van der Waals surface area (Å²) >= 11 is 0. The minimum atomic E-state index is -0.725. The molecule has 130 valence electrons. The number of likely N-dealkylation sites (tertiary alicyclic amines) is 1. The van der Waals surface area contributed by atoms with Crippen molar-refractivity contribution in [3.8, 4) is 6.07 Å². The summed E-state index contributed by atoms with van der Waals surface area (Å²) in [6.45, 7) is 5.54. The Morgan fingerprint density at radius 1 is 1.29 bits per heavy atom. The van der Waals surface area contributed by atoms with Crippen molar-refractivity contribution < 1.29 is 15.0 Å². The standard InChI is InChI=1S/C18H25N3O3/c1-12(2)15(9-21-10-16(22)17(23)11-21)20(3)18(24)14-6-4-13(8-19)5-7-14/h4-7,12,15-17,22-23H,9-11H2,1-3H3/t15?,16-,17-/m1/s1. The van der Waals surface area contributed by atoms with Crippen molar-refractivity contribution in [1.82, 2.24) is 9.80 Å². The number of β-amino-alcohol motifs (C(OH)–C–C–N with tert-alkyl or cyclic N) is 2. The average Bonchev–Trinajstić information content (AvgIpc) is 2.89. The summed E-state index contributed by atoms with van der Waals surface area (Å²) in [4.78, 5) is 16.4. The second-order valence-electron chi connectivity index (χ2n) is 6.77. The molecule has 1 aromatic rings. The van der Waals surface area contributed by atoms with Crippen LogP contribution in [0.2, 0.25) is 0 Å². The Bertz CT molecular complexity index is 599. The number of hydrogen-bond donors (Lipinski definition) is 2. The number of carbonyl (C=O) groups excluding carboxylic acids is 1. The van der Waals surface area contributed by atoms with Crippen LogP contribution in [0.5, 0.6) is 0 Å². The third-order valence-electron chi connectivity index (χ3n) is 4.63. The molecule has 0 aromatic heterocycles. The van der Waals surface area contributed by atoms with E-state index in [0.717, 1.165) is 0 Å². The number of nitrogens with zero attached hydrogens (tertiary/aromatic N) is 3. The highest BCUT2D eigenvalue weighted by Gasteiger charge is 2.33. The molecule has 1 heterocycles. The van der Waals surface area contributed by atoms with Gasteiger partial charge in [0.05, 0.1) is 23.8 Å². The summed E-state index contributed by atoms with van der Waals surface area (Å²) in [6, 6.07) is 8.61. The topological polar surface area (TPSA) is 87.8 Å². The molecule has 1 aliphatic rings. The van der Waals surface area contributed by atoms with Crippen LogP contribution in [0.3, 0.4) is 0 Å². The number of rotatable bonds is 5. The molecule has 0 bridgehead atoms. The Morgan fingerprint density at radius 3 is 2.29 bits per heavy atom. The van der Waals surface area contributed by atoms with E-state index in [2.05, 4.69) is 13.8 Å². The van der Waals surface area contributed by atoms with E-state index in [4.69, 9.17) is 5.26 Å². The molecule has 24 heavy (non-hydrogen) atoms. The molecular weight excluding hydrogens is 306 g/mol. The Morgan fingerprint density at radius 2 is 1.83 bits per heavy atom. The third-order valence-corrected chi connectivity index (χ3v) is 4.63. The van der Waals surface area contributed by atoms with E-state index >= 15 is 0 Å². The van der Waals surface area contributed by atoms with E-state index in [0.29, 0.717) is 30.8 Å². The van der Waals surface area contributed by atoms with Gasteiger partial charge in [-0.05, 0) is 30.2 Å². The largest absolute Gasteiger partial charge is 0.389 e. The summed E-state index contributed by atoms with van der Waals surface area (Å²) in [5.41, 5.74) is 1.07. The van der Waals surface area contributed by atoms with Crippen LogP contribution in [-0.2, 0) is 0 Å². The van der Waals surface area contributed by atoms with Crippen LogP contribution in [0.4, 0.5) is 0 Å². The Balaban J connectivity index is 2.09. The number of nitriles is 1. The second kappa shape index (κ2) is 7.75. The van der Waals surface area contributed by atoms with E-state index in [1.165, 1.54) is 0 Å². The number of benzene rings is 1. The maximum absolute atomic E-state index is 12.7. The molecule has 1 fully saturated rings. The number of likely N-dealkylation sites (N-methyl/N-ethyl adjacent to an activating group) is 1. The first-order valence-electron chi connectivity index (χ1n) is 8.19. The molecule has 1 aliphatic heterocycles. The van der Waals surface area contributed by atoms with Crippen LogP contribution in [0.25, 0.3) is 0 Å². The molecule has 0 aliphatic carbocycles. The van der Waals surface area contributed by atoms with Crippen LogP contribution in [0, 0.1) is 17.2 Å². The second-order valence-corrected chi connectivity index (χ2v) is 6.77. The van der Waals surface area contributed by atoms with Gasteiger partial charge < -0.3 is 15.1 Å². The zero-order valence-electron chi connectivity index (χ0n) is 14.4. The van der Waals surface area contributed by atoms with Crippen molar-refractivity contribution in [1.29, 1.82) is 5.26 Å². The number of hydrogen-bond acceptors (Lipinski definition) is 5. The molecule has 6 nitrogen and oxygen atoms in total. The van der Waals surface area contributed by atoms with Gasteiger partial charge in [0, 0.05) is 38.3 Å². The van der Waals surface area contributed by atoms with Crippen LogP contribution >= 0.6 is 0 Å². The van der Waals surface area contributed by atoms with Gasteiger partial charge in [-0.2, -0.15) is 5.26 Å². The van der Waals surface area contributed by atoms with Gasteiger partial charge in [-0.25, -0.2) is 0 Å². The number of aliphatic hydroxyl groups excluding tert-OH is 2. The van der Waals surface area contributed by atoms with Crippen LogP contribution in [0.1, 0.15) is 29.8 Å². The van der Waals surface area contributed by atoms with Gasteiger partial charge in [-0.3, -0.25) is 9.69 Å². The highest BCUT2D eigenvalue weighted by atomic mass is 16.3. The van der Waals surface area contributed by atoms with E-state index in [1.54, 1.807) is 36.2 Å². The van der Waals surface area contributed by atoms with Crippen molar-refractivity contribution >= 4 is 5.91 Å². The third kappa shape index (κ3) is 4.12. The van der Waals surface area contributed by atoms with Gasteiger partial charge >= 0.3 is 0 Å². The van der Waals surface area contributed by atoms with Gasteiger partial charge in [0.2, 0.25) is 0 Å². The van der Waals surface area contributed by atoms with E-state index in [-0.39, 0.29) is 17.9 Å². The first-order chi connectivity index (χ1) is 11.3. The van der Waals surface area contributed by atoms with Crippen molar-refractivity contribution in [2.24, 2.45) is 5.92 Å². The highest BCUT2D eigenvalue weighted by molar-refractivity contribution is 5.94. The smallest absolute Gasteiger partial charge is 0.253 e. The SMILES string of the molecule is CC(C)C(CN1C[C@@H](O)[C@H](O)C1)N(C)C(=O)c1ccc(C#N)cc1. The summed E-state index contributed by atoms with van der Waals surface area (Å²) in [6.07, 6.45) is -1.45. The molecule has 3 atom stereocenters. The quantitative estimate of drug-likeness (QED) is 0.829. The zero-order valence-corrected chi connectivity index (χ0v) is 14.4. The number of amides is 1. The average molecular weight is 331 g/mol. The fourth-order valence-corrected chi connectivity index (χ4v) is 3.08. The maximum atomic E-state index is 12.7. The minimum Gasteiger partial charge on any atom is -0.389 e. The molecule has 1 amide bonds. The van der Waals surface area contributed by atoms with Crippen molar-refractivity contribution in [3.63, 3.8) is 0 Å². The fraction of sp³-hybridized carbons (Fsp3) is 0.556. The van der Waals surface area contributed by atoms with Crippen LogP contribution in [0.15, 0.2) is 24.3 Å². The lowest BCUT2D eigenvalue weighted by Gasteiger charge is -2.34. The summed E-state index contributed by atoms with van der Waals surface area (Å²) in [7, 11) is 1.77. The first-order valence-corrected chi connectivity index (χ1v) is 8.19. The highest BCUT2D eigenvalue weighted by Crippen LogP contribution is 2.18. The van der Waals surface area contributed by atoms with Crippen LogP contribution < -0.4 is 0 Å². The van der Waals surface area contributed by atoms with Gasteiger partial charge in [0.25, 0.3) is 5.91 Å². The predicted molar refractivity (Wildman–Crippen MR) is 90.3 cm³/mol. The molecule has 0 radical (unpaired) electrons. The number of carbonyl (C=O) groups is 1.